The standard InChI is InChI=1S/C13H11N3OS/c17-16-11(12-6-3-7-18-12)8-13-14-9-4-1-2-5-10(9)15-13/h1-7,17H,8H2,(H,14,15). The number of nitrogens with zero attached hydrogens (tertiary/aromatic N) is 2. The van der Waals surface area contributed by atoms with Gasteiger partial charge in [0.25, 0.3) is 0 Å². The number of para-hydroxylation sites is 2. The van der Waals surface area contributed by atoms with Crippen LogP contribution < -0.4 is 0 Å². The zero-order valence-corrected chi connectivity index (χ0v) is 10.3. The highest BCUT2D eigenvalue weighted by atomic mass is 32.1. The first-order chi connectivity index (χ1) is 8.86. The van der Waals surface area contributed by atoms with Gasteiger partial charge in [-0.25, -0.2) is 4.98 Å². The van der Waals surface area contributed by atoms with E-state index in [0.717, 1.165) is 21.7 Å². The van der Waals surface area contributed by atoms with Crippen LogP contribution in [0.2, 0.25) is 0 Å². The molecular formula is C13H11N3OS. The molecule has 18 heavy (non-hydrogen) atoms. The third-order valence-corrected chi connectivity index (χ3v) is 3.62. The molecule has 2 N–H and O–H groups in total. The predicted molar refractivity (Wildman–Crippen MR) is 72.4 cm³/mol. The van der Waals surface area contributed by atoms with Crippen molar-refractivity contribution in [1.82, 2.24) is 9.97 Å². The number of aromatic nitrogens is 2. The highest BCUT2D eigenvalue weighted by Gasteiger charge is 2.10. The molecule has 0 bridgehead atoms. The predicted octanol–water partition coefficient (Wildman–Crippen LogP) is 3.05. The zero-order valence-electron chi connectivity index (χ0n) is 9.50. The van der Waals surface area contributed by atoms with E-state index in [1.54, 1.807) is 11.3 Å². The van der Waals surface area contributed by atoms with E-state index in [-0.39, 0.29) is 0 Å². The molecule has 0 aliphatic carbocycles. The Morgan fingerprint density at radius 3 is 2.89 bits per heavy atom. The minimum absolute atomic E-state index is 0.492. The number of imidazole rings is 1. The summed E-state index contributed by atoms with van der Waals surface area (Å²) in [6.45, 7) is 0. The fraction of sp³-hybridized carbons (Fsp3) is 0.0769. The summed E-state index contributed by atoms with van der Waals surface area (Å²) in [4.78, 5) is 8.65. The van der Waals surface area contributed by atoms with Gasteiger partial charge >= 0.3 is 0 Å². The van der Waals surface area contributed by atoms with E-state index >= 15 is 0 Å². The van der Waals surface area contributed by atoms with Gasteiger partial charge in [-0.2, -0.15) is 0 Å². The van der Waals surface area contributed by atoms with Gasteiger partial charge in [-0.1, -0.05) is 23.4 Å². The Kier molecular flexibility index (Phi) is 2.82. The van der Waals surface area contributed by atoms with E-state index in [1.807, 2.05) is 41.8 Å². The number of rotatable bonds is 3. The number of H-pyrrole nitrogens is 1. The number of aromatic amines is 1. The molecule has 0 aliphatic heterocycles. The van der Waals surface area contributed by atoms with Crippen LogP contribution in [0.3, 0.4) is 0 Å². The molecule has 0 saturated carbocycles. The van der Waals surface area contributed by atoms with Crippen LogP contribution >= 0.6 is 11.3 Å². The van der Waals surface area contributed by atoms with Gasteiger partial charge in [0.05, 0.1) is 22.3 Å². The van der Waals surface area contributed by atoms with Crippen LogP contribution in [0, 0.1) is 0 Å². The van der Waals surface area contributed by atoms with Crippen LogP contribution in [0.1, 0.15) is 10.7 Å². The van der Waals surface area contributed by atoms with E-state index in [2.05, 4.69) is 15.1 Å². The van der Waals surface area contributed by atoms with Crippen molar-refractivity contribution in [1.29, 1.82) is 0 Å². The number of hydrogen-bond acceptors (Lipinski definition) is 4. The minimum Gasteiger partial charge on any atom is -0.411 e. The summed E-state index contributed by atoms with van der Waals surface area (Å²) in [7, 11) is 0. The number of oxime groups is 1. The second kappa shape index (κ2) is 4.62. The monoisotopic (exact) mass is 257 g/mol. The highest BCUT2D eigenvalue weighted by Crippen LogP contribution is 2.15. The van der Waals surface area contributed by atoms with Crippen LogP contribution in [0.5, 0.6) is 0 Å². The van der Waals surface area contributed by atoms with Gasteiger partial charge in [0, 0.05) is 0 Å². The summed E-state index contributed by atoms with van der Waals surface area (Å²) >= 11 is 1.55. The fourth-order valence-electron chi connectivity index (χ4n) is 1.86. The van der Waals surface area contributed by atoms with Crippen molar-refractivity contribution >= 4 is 28.1 Å². The average Bonchev–Trinajstić information content (AvgIpc) is 3.04. The maximum absolute atomic E-state index is 9.09. The van der Waals surface area contributed by atoms with E-state index in [0.29, 0.717) is 12.1 Å². The lowest BCUT2D eigenvalue weighted by atomic mass is 10.2. The molecule has 0 saturated heterocycles. The van der Waals surface area contributed by atoms with Crippen LogP contribution in [0.15, 0.2) is 46.9 Å². The van der Waals surface area contributed by atoms with Crippen LogP contribution in [-0.2, 0) is 6.42 Å². The van der Waals surface area contributed by atoms with Gasteiger partial charge in [-0.05, 0) is 23.6 Å². The van der Waals surface area contributed by atoms with Crippen molar-refractivity contribution in [2.24, 2.45) is 5.16 Å². The summed E-state index contributed by atoms with van der Waals surface area (Å²) in [5.74, 6) is 0.803. The van der Waals surface area contributed by atoms with Crippen molar-refractivity contribution in [3.8, 4) is 0 Å². The number of hydrogen-bond donors (Lipinski definition) is 2. The average molecular weight is 257 g/mol. The quantitative estimate of drug-likeness (QED) is 0.430. The Morgan fingerprint density at radius 2 is 2.17 bits per heavy atom. The maximum Gasteiger partial charge on any atom is 0.113 e. The number of fused-ring (bicyclic) bond motifs is 1. The van der Waals surface area contributed by atoms with Crippen molar-refractivity contribution in [2.75, 3.05) is 0 Å². The smallest absolute Gasteiger partial charge is 0.113 e. The summed E-state index contributed by atoms with van der Waals surface area (Å²) in [6.07, 6.45) is 0.492. The maximum atomic E-state index is 9.09. The number of nitrogens with one attached hydrogen (secondary N) is 1. The molecule has 5 heteroatoms. The molecule has 3 rings (SSSR count). The Labute approximate surface area is 108 Å². The van der Waals surface area contributed by atoms with Gasteiger partial charge in [0.15, 0.2) is 0 Å². The Balaban J connectivity index is 1.92. The fourth-order valence-corrected chi connectivity index (χ4v) is 2.57. The molecule has 1 aromatic carbocycles. The van der Waals surface area contributed by atoms with E-state index < -0.39 is 0 Å². The molecule has 0 amide bonds. The largest absolute Gasteiger partial charge is 0.411 e. The molecule has 0 aliphatic rings. The molecular weight excluding hydrogens is 246 g/mol. The second-order valence-corrected chi connectivity index (χ2v) is 4.85. The van der Waals surface area contributed by atoms with Gasteiger partial charge in [0.2, 0.25) is 0 Å². The minimum atomic E-state index is 0.492. The van der Waals surface area contributed by atoms with Crippen LogP contribution in [0.4, 0.5) is 0 Å². The van der Waals surface area contributed by atoms with Crippen molar-refractivity contribution < 1.29 is 5.21 Å². The Morgan fingerprint density at radius 1 is 1.28 bits per heavy atom. The van der Waals surface area contributed by atoms with Crippen molar-refractivity contribution in [3.05, 3.63) is 52.5 Å². The van der Waals surface area contributed by atoms with Crippen molar-refractivity contribution in [3.63, 3.8) is 0 Å². The summed E-state index contributed by atoms with van der Waals surface area (Å²) < 4.78 is 0. The highest BCUT2D eigenvalue weighted by molar-refractivity contribution is 7.12. The normalized spacial score (nSPS) is 12.1. The lowest BCUT2D eigenvalue weighted by Gasteiger charge is -1.98. The van der Waals surface area contributed by atoms with Gasteiger partial charge in [0.1, 0.15) is 11.5 Å². The lowest BCUT2D eigenvalue weighted by molar-refractivity contribution is 0.318. The van der Waals surface area contributed by atoms with Crippen LogP contribution in [-0.4, -0.2) is 20.9 Å². The lowest BCUT2D eigenvalue weighted by Crippen LogP contribution is -2.04. The Bertz CT molecular complexity index is 652. The van der Waals surface area contributed by atoms with Gasteiger partial charge in [-0.3, -0.25) is 0 Å². The van der Waals surface area contributed by atoms with Gasteiger partial charge in [-0.15, -0.1) is 11.3 Å². The first-order valence-corrected chi connectivity index (χ1v) is 6.43. The Hall–Kier alpha value is -2.14. The number of benzene rings is 1. The topological polar surface area (TPSA) is 61.3 Å². The van der Waals surface area contributed by atoms with E-state index in [9.17, 15) is 0 Å². The summed E-state index contributed by atoms with van der Waals surface area (Å²) in [5, 5.41) is 14.4. The summed E-state index contributed by atoms with van der Waals surface area (Å²) in [5.41, 5.74) is 2.55. The van der Waals surface area contributed by atoms with Crippen molar-refractivity contribution in [2.45, 2.75) is 6.42 Å². The first-order valence-electron chi connectivity index (χ1n) is 5.55. The van der Waals surface area contributed by atoms with Gasteiger partial charge < -0.3 is 10.2 Å². The molecule has 0 radical (unpaired) electrons. The molecule has 2 heterocycles. The SMILES string of the molecule is ON=C(Cc1nc2ccccc2[nH]1)c1cccs1. The molecule has 0 spiro atoms. The van der Waals surface area contributed by atoms with E-state index in [1.165, 1.54) is 0 Å². The molecule has 4 nitrogen and oxygen atoms in total. The second-order valence-electron chi connectivity index (χ2n) is 3.90. The first kappa shape index (κ1) is 11.0. The van der Waals surface area contributed by atoms with Crippen LogP contribution in [0.25, 0.3) is 11.0 Å². The summed E-state index contributed by atoms with van der Waals surface area (Å²) in [6, 6.07) is 11.7. The zero-order chi connectivity index (χ0) is 12.4. The third kappa shape index (κ3) is 2.00. The molecule has 0 fully saturated rings. The molecule has 0 atom stereocenters. The molecule has 3 aromatic rings. The number of thiophene rings is 1. The molecule has 2 aromatic heterocycles. The molecule has 90 valence electrons. The van der Waals surface area contributed by atoms with E-state index in [4.69, 9.17) is 5.21 Å². The third-order valence-electron chi connectivity index (χ3n) is 2.70. The molecule has 0 unspecified atom stereocenters.